The molecule has 32 heavy (non-hydrogen) atoms. The SMILES string of the molecule is CC[C@@H](NC(=O)C12CC(C(=O)OC)(C1)C2)[C@H]1[C@@H]2C[C@@H](n3cnc4cc(F)c(F)cc43)C[C@@H]21. The van der Waals surface area contributed by atoms with Gasteiger partial charge in [-0.25, -0.2) is 13.8 Å². The number of rotatable bonds is 6. The number of fused-ring (bicyclic) bond motifs is 2. The number of carbonyl (C=O) groups excluding carboxylic acids is 2. The molecule has 0 unspecified atom stereocenters. The number of carbonyl (C=O) groups is 2. The van der Waals surface area contributed by atoms with Crippen molar-refractivity contribution < 1.29 is 23.1 Å². The van der Waals surface area contributed by atoms with Crippen molar-refractivity contribution in [2.75, 3.05) is 7.11 Å². The third-order valence-electron chi connectivity index (χ3n) is 8.85. The van der Waals surface area contributed by atoms with Crippen LogP contribution in [-0.2, 0) is 14.3 Å². The molecule has 0 spiro atoms. The average molecular weight is 443 g/mol. The van der Waals surface area contributed by atoms with Gasteiger partial charge in [0.2, 0.25) is 5.91 Å². The molecule has 5 aliphatic rings. The number of benzene rings is 1. The van der Waals surface area contributed by atoms with Gasteiger partial charge < -0.3 is 14.6 Å². The van der Waals surface area contributed by atoms with E-state index in [9.17, 15) is 18.4 Å². The zero-order chi connectivity index (χ0) is 22.4. The fourth-order valence-electron chi connectivity index (χ4n) is 7.25. The third kappa shape index (κ3) is 2.58. The van der Waals surface area contributed by atoms with E-state index in [0.29, 0.717) is 48.0 Å². The summed E-state index contributed by atoms with van der Waals surface area (Å²) < 4.78 is 34.1. The predicted octanol–water partition coefficient (Wildman–Crippen LogP) is 3.75. The van der Waals surface area contributed by atoms with Gasteiger partial charge in [0.15, 0.2) is 11.6 Å². The first-order chi connectivity index (χ1) is 15.3. The van der Waals surface area contributed by atoms with Crippen LogP contribution < -0.4 is 5.32 Å². The molecule has 8 heteroatoms. The molecule has 5 fully saturated rings. The van der Waals surface area contributed by atoms with Crippen molar-refractivity contribution in [1.82, 2.24) is 14.9 Å². The van der Waals surface area contributed by atoms with Gasteiger partial charge in [-0.1, -0.05) is 6.92 Å². The molecule has 2 aromatic rings. The number of nitrogens with one attached hydrogen (secondary N) is 1. The van der Waals surface area contributed by atoms with Crippen LogP contribution in [0.4, 0.5) is 8.78 Å². The van der Waals surface area contributed by atoms with Gasteiger partial charge in [-0.15, -0.1) is 0 Å². The van der Waals surface area contributed by atoms with Crippen LogP contribution in [0.15, 0.2) is 18.5 Å². The second-order valence-electron chi connectivity index (χ2n) is 10.5. The van der Waals surface area contributed by atoms with Crippen molar-refractivity contribution in [3.05, 3.63) is 30.1 Å². The van der Waals surface area contributed by atoms with Gasteiger partial charge in [0.25, 0.3) is 0 Å². The van der Waals surface area contributed by atoms with Crippen LogP contribution in [0.2, 0.25) is 0 Å². The lowest BCUT2D eigenvalue weighted by atomic mass is 9.35. The van der Waals surface area contributed by atoms with Crippen molar-refractivity contribution in [3.8, 4) is 0 Å². The monoisotopic (exact) mass is 443 g/mol. The summed E-state index contributed by atoms with van der Waals surface area (Å²) in [6, 6.07) is 2.76. The molecule has 0 aliphatic heterocycles. The van der Waals surface area contributed by atoms with Crippen LogP contribution in [0.3, 0.4) is 0 Å². The van der Waals surface area contributed by atoms with Crippen LogP contribution in [-0.4, -0.2) is 34.6 Å². The van der Waals surface area contributed by atoms with E-state index in [1.807, 2.05) is 4.57 Å². The largest absolute Gasteiger partial charge is 0.469 e. The third-order valence-corrected chi connectivity index (χ3v) is 8.85. The smallest absolute Gasteiger partial charge is 0.311 e. The first-order valence-corrected chi connectivity index (χ1v) is 11.5. The Balaban J connectivity index is 1.09. The summed E-state index contributed by atoms with van der Waals surface area (Å²) in [4.78, 5) is 29.1. The number of hydrogen-bond donors (Lipinski definition) is 1. The number of ether oxygens (including phenoxy) is 1. The zero-order valence-electron chi connectivity index (χ0n) is 18.2. The maximum absolute atomic E-state index is 13.8. The Morgan fingerprint density at radius 3 is 2.47 bits per heavy atom. The Labute approximate surface area is 184 Å². The maximum Gasteiger partial charge on any atom is 0.311 e. The van der Waals surface area contributed by atoms with Crippen molar-refractivity contribution >= 4 is 22.9 Å². The number of amides is 1. The Bertz CT molecular complexity index is 1110. The first kappa shape index (κ1) is 20.1. The maximum atomic E-state index is 13.8. The lowest BCUT2D eigenvalue weighted by Gasteiger charge is -2.67. The first-order valence-electron chi connectivity index (χ1n) is 11.5. The van der Waals surface area contributed by atoms with Gasteiger partial charge in [-0.2, -0.15) is 0 Å². The molecular formula is C24H27F2N3O3. The van der Waals surface area contributed by atoms with E-state index in [1.54, 1.807) is 6.33 Å². The fourth-order valence-corrected chi connectivity index (χ4v) is 7.25. The van der Waals surface area contributed by atoms with Gasteiger partial charge >= 0.3 is 5.97 Å². The molecule has 0 radical (unpaired) electrons. The molecule has 6 nitrogen and oxygen atoms in total. The van der Waals surface area contributed by atoms with Gasteiger partial charge in [0.1, 0.15) is 0 Å². The summed E-state index contributed by atoms with van der Waals surface area (Å²) in [6.07, 6.45) is 6.32. The van der Waals surface area contributed by atoms with E-state index >= 15 is 0 Å². The molecule has 7 rings (SSSR count). The molecular weight excluding hydrogens is 416 g/mol. The van der Waals surface area contributed by atoms with Gasteiger partial charge in [-0.3, -0.25) is 9.59 Å². The molecule has 1 aromatic heterocycles. The van der Waals surface area contributed by atoms with Crippen LogP contribution in [0.1, 0.15) is 51.5 Å². The standard InChI is InChI=1S/C24H27F2N3O3/c1-3-17(28-21(30)23-8-24(9-23,10-23)22(31)32-2)20-13-4-12(5-14(13)20)29-11-27-18-6-15(25)16(26)7-19(18)29/h6-7,11-14,17,20H,3-5,8-10H2,1-2H3,(H,28,30)/t12-,13-,14+,17-,20+,23?,24?/m1/s1. The normalized spacial score (nSPS) is 37.2. The topological polar surface area (TPSA) is 73.2 Å². The Kier molecular flexibility index (Phi) is 4.10. The van der Waals surface area contributed by atoms with Crippen LogP contribution in [0, 0.1) is 40.2 Å². The molecule has 170 valence electrons. The van der Waals surface area contributed by atoms with E-state index in [0.717, 1.165) is 25.3 Å². The fraction of sp³-hybridized carbons (Fsp3) is 0.625. The summed E-state index contributed by atoms with van der Waals surface area (Å²) in [5.74, 6) is -0.293. The van der Waals surface area contributed by atoms with Gasteiger partial charge in [0, 0.05) is 24.2 Å². The highest BCUT2D eigenvalue weighted by molar-refractivity contribution is 5.94. The van der Waals surface area contributed by atoms with Crippen LogP contribution in [0.25, 0.3) is 11.0 Å². The minimum atomic E-state index is -0.875. The summed E-state index contributed by atoms with van der Waals surface area (Å²) in [5.41, 5.74) is 0.328. The van der Waals surface area contributed by atoms with Crippen molar-refractivity contribution in [1.29, 1.82) is 0 Å². The molecule has 1 aromatic carbocycles. The number of nitrogens with zero attached hydrogens (tertiary/aromatic N) is 2. The predicted molar refractivity (Wildman–Crippen MR) is 111 cm³/mol. The van der Waals surface area contributed by atoms with E-state index in [1.165, 1.54) is 13.2 Å². The number of esters is 1. The summed E-state index contributed by atoms with van der Waals surface area (Å²) in [6.45, 7) is 2.11. The molecule has 5 saturated carbocycles. The average Bonchev–Trinajstić information content (AvgIpc) is 3.02. The molecule has 5 atom stereocenters. The number of imidazole rings is 1. The quantitative estimate of drug-likeness (QED) is 0.691. The molecule has 1 heterocycles. The minimum Gasteiger partial charge on any atom is -0.469 e. The van der Waals surface area contributed by atoms with E-state index in [-0.39, 0.29) is 29.4 Å². The second-order valence-corrected chi connectivity index (χ2v) is 10.5. The molecule has 2 bridgehead atoms. The van der Waals surface area contributed by atoms with E-state index in [4.69, 9.17) is 4.74 Å². The van der Waals surface area contributed by atoms with Crippen molar-refractivity contribution in [2.24, 2.45) is 28.6 Å². The summed E-state index contributed by atoms with van der Waals surface area (Å²) in [5, 5.41) is 3.30. The number of hydrogen-bond acceptors (Lipinski definition) is 4. The molecule has 5 aliphatic carbocycles. The van der Waals surface area contributed by atoms with Crippen molar-refractivity contribution in [3.63, 3.8) is 0 Å². The summed E-state index contributed by atoms with van der Waals surface area (Å²) in [7, 11) is 1.41. The Morgan fingerprint density at radius 2 is 1.84 bits per heavy atom. The van der Waals surface area contributed by atoms with Crippen molar-refractivity contribution in [2.45, 2.75) is 57.5 Å². The number of methoxy groups -OCH3 is 1. The number of aromatic nitrogens is 2. The van der Waals surface area contributed by atoms with Gasteiger partial charge in [0.05, 0.1) is 35.3 Å². The highest BCUT2D eigenvalue weighted by Crippen LogP contribution is 2.74. The van der Waals surface area contributed by atoms with Gasteiger partial charge in [-0.05, 0) is 56.3 Å². The Hall–Kier alpha value is -2.51. The highest BCUT2D eigenvalue weighted by Gasteiger charge is 2.75. The van der Waals surface area contributed by atoms with E-state index in [2.05, 4.69) is 17.2 Å². The Morgan fingerprint density at radius 1 is 1.19 bits per heavy atom. The second kappa shape index (κ2) is 6.51. The van der Waals surface area contributed by atoms with E-state index < -0.39 is 17.0 Å². The summed E-state index contributed by atoms with van der Waals surface area (Å²) >= 11 is 0. The lowest BCUT2D eigenvalue weighted by molar-refractivity contribution is -0.223. The minimum absolute atomic E-state index is 0.0924. The highest BCUT2D eigenvalue weighted by atomic mass is 19.2. The van der Waals surface area contributed by atoms with Crippen LogP contribution in [0.5, 0.6) is 0 Å². The zero-order valence-corrected chi connectivity index (χ0v) is 18.2. The molecule has 1 N–H and O–H groups in total. The molecule has 0 saturated heterocycles. The number of halogens is 2. The molecule has 1 amide bonds. The van der Waals surface area contributed by atoms with Crippen LogP contribution >= 0.6 is 0 Å². The lowest BCUT2D eigenvalue weighted by Crippen LogP contribution is -2.71.